The minimum Gasteiger partial charge on any atom is -0.485 e. The number of hydrogen-bond donors (Lipinski definition) is 1. The van der Waals surface area contributed by atoms with Gasteiger partial charge in [0.2, 0.25) is 0 Å². The zero-order valence-corrected chi connectivity index (χ0v) is 4.94. The minimum atomic E-state index is 0.367. The van der Waals surface area contributed by atoms with Crippen LogP contribution in [0.4, 0.5) is 0 Å². The van der Waals surface area contributed by atoms with Crippen LogP contribution in [0.5, 0.6) is 0 Å². The van der Waals surface area contributed by atoms with Crippen molar-refractivity contribution in [3.05, 3.63) is 11.9 Å². The average Bonchev–Trinajstić information content (AvgIpc) is 2.34. The number of hydrogen-bond acceptors (Lipinski definition) is 1. The lowest BCUT2D eigenvalue weighted by Crippen LogP contribution is -1.92. The maximum atomic E-state index is 6.84. The highest BCUT2D eigenvalue weighted by molar-refractivity contribution is 7.26. The normalized spacial score (nSPS) is 11.6. The predicted molar refractivity (Wildman–Crippen MR) is 34.5 cm³/mol. The zero-order valence-electron chi connectivity index (χ0n) is 5.05. The Balaban J connectivity index is 2.90. The van der Waals surface area contributed by atoms with E-state index in [9.17, 15) is 0 Å². The summed E-state index contributed by atoms with van der Waals surface area (Å²) in [6.07, 6.45) is 6.57. The molecule has 0 aliphatic carbocycles. The summed E-state index contributed by atoms with van der Waals surface area (Å²) >= 11 is 0. The SMILES string of the molecule is [3H][P-]c1ncc(C#C)[nH]1. The molecule has 2 nitrogen and oxygen atoms in total. The predicted octanol–water partition coefficient (Wildman–Crippen LogP) is 0.159. The van der Waals surface area contributed by atoms with E-state index >= 15 is 0 Å². The Kier molecular flexibility index (Phi) is 1.02. The van der Waals surface area contributed by atoms with Gasteiger partial charge in [-0.3, -0.25) is 4.98 Å². The van der Waals surface area contributed by atoms with E-state index in [1.807, 2.05) is 0 Å². The molecule has 3 heteroatoms. The fourth-order valence-corrected chi connectivity index (χ4v) is 0.562. The lowest BCUT2D eigenvalue weighted by molar-refractivity contribution is 1.40. The summed E-state index contributed by atoms with van der Waals surface area (Å²) in [6.45, 7) is 0. The van der Waals surface area contributed by atoms with Crippen LogP contribution < -0.4 is 5.57 Å². The van der Waals surface area contributed by atoms with Gasteiger partial charge in [0.05, 0.1) is 6.20 Å². The van der Waals surface area contributed by atoms with Crippen molar-refractivity contribution in [1.29, 1.82) is 1.28 Å². The number of aromatic nitrogens is 2. The summed E-state index contributed by atoms with van der Waals surface area (Å²) in [4.78, 5) is 6.57. The molecule has 0 spiro atoms. The third kappa shape index (κ3) is 0.882. The van der Waals surface area contributed by atoms with Gasteiger partial charge in [-0.2, -0.15) is 1.28 Å². The highest BCUT2D eigenvalue weighted by Gasteiger charge is 1.81. The third-order valence-electron chi connectivity index (χ3n) is 0.718. The van der Waals surface area contributed by atoms with E-state index in [0.29, 0.717) is 20.4 Å². The summed E-state index contributed by atoms with van der Waals surface area (Å²) in [5.74, 6) is 2.38. The van der Waals surface area contributed by atoms with Gasteiger partial charge in [-0.15, -0.1) is 6.42 Å². The molecule has 1 aromatic rings. The van der Waals surface area contributed by atoms with Gasteiger partial charge in [-0.25, -0.2) is 0 Å². The van der Waals surface area contributed by atoms with Crippen LogP contribution in [-0.4, -0.2) is 11.2 Å². The van der Waals surface area contributed by atoms with Crippen molar-refractivity contribution in [3.8, 4) is 12.3 Å². The van der Waals surface area contributed by atoms with Crippen LogP contribution in [0.3, 0.4) is 0 Å². The minimum absolute atomic E-state index is 0.367. The quantitative estimate of drug-likeness (QED) is 0.420. The number of H-pyrrole nitrogens is 1. The molecule has 0 aromatic carbocycles. The van der Waals surface area contributed by atoms with Crippen LogP contribution >= 0.6 is 9.18 Å². The topological polar surface area (TPSA) is 28.7 Å². The molecule has 0 fully saturated rings. The monoisotopic (exact) mass is 125 g/mol. The molecule has 0 saturated heterocycles. The average molecular weight is 125 g/mol. The van der Waals surface area contributed by atoms with E-state index in [-0.39, 0.29) is 0 Å². The number of rotatable bonds is 1. The number of nitrogens with zero attached hydrogens (tertiary/aromatic N) is 1. The van der Waals surface area contributed by atoms with Crippen molar-refractivity contribution >= 4 is 14.8 Å². The molecule has 0 aliphatic heterocycles. The molecule has 0 saturated carbocycles. The summed E-state index contributed by atoms with van der Waals surface area (Å²) in [5, 5.41) is 0. The Bertz CT molecular complexity index is 237. The molecule has 0 bridgehead atoms. The molecular formula is C5H4N2P-. The van der Waals surface area contributed by atoms with E-state index in [1.165, 1.54) is 6.20 Å². The van der Waals surface area contributed by atoms with Gasteiger partial charge in [0.15, 0.2) is 0 Å². The molecule has 0 radical (unpaired) electrons. The van der Waals surface area contributed by atoms with Crippen LogP contribution in [-0.2, 0) is 0 Å². The van der Waals surface area contributed by atoms with E-state index in [0.717, 1.165) is 0 Å². The summed E-state index contributed by atoms with van der Waals surface area (Å²) in [6, 6.07) is 0. The fraction of sp³-hybridized carbons (Fsp3) is 0. The molecule has 0 atom stereocenters. The molecular weight excluding hydrogens is 119 g/mol. The molecule has 0 unspecified atom stereocenters. The first kappa shape index (κ1) is 4.12. The molecule has 1 heterocycles. The lowest BCUT2D eigenvalue weighted by atomic mass is 10.5. The largest absolute Gasteiger partial charge is 0.485 e. The maximum absolute atomic E-state index is 6.84. The molecule has 0 amide bonds. The van der Waals surface area contributed by atoms with E-state index in [2.05, 4.69) is 15.9 Å². The van der Waals surface area contributed by atoms with Crippen LogP contribution in [0.1, 0.15) is 5.69 Å². The van der Waals surface area contributed by atoms with Crippen molar-refractivity contribution in [2.75, 3.05) is 0 Å². The smallest absolute Gasteiger partial charge is 0.107 e. The van der Waals surface area contributed by atoms with Gasteiger partial charge < -0.3 is 14.2 Å². The molecule has 40 valence electrons. The van der Waals surface area contributed by atoms with Gasteiger partial charge in [0, 0.05) is 0 Å². The Morgan fingerprint density at radius 2 is 3.00 bits per heavy atom. The van der Waals surface area contributed by atoms with Crippen LogP contribution in [0.25, 0.3) is 0 Å². The third-order valence-corrected chi connectivity index (χ3v) is 0.945. The van der Waals surface area contributed by atoms with E-state index < -0.39 is 0 Å². The Labute approximate surface area is 51.2 Å². The Morgan fingerprint density at radius 1 is 2.12 bits per heavy atom. The fourth-order valence-electron chi connectivity index (χ4n) is 0.384. The standard InChI is InChI=1S/C5H4N2P/c1-2-4-3-6-5(8)7-4/h1,3,8H,(H,6,7)/q-1/i8T. The van der Waals surface area contributed by atoms with E-state index in [4.69, 9.17) is 7.70 Å². The van der Waals surface area contributed by atoms with Crippen LogP contribution in [0.15, 0.2) is 6.20 Å². The molecule has 1 aromatic heterocycles. The number of nitrogens with one attached hydrogen (secondary N) is 1. The Morgan fingerprint density at radius 3 is 3.38 bits per heavy atom. The highest BCUT2D eigenvalue weighted by atomic mass is 31.0. The lowest BCUT2D eigenvalue weighted by Gasteiger charge is -1.86. The van der Waals surface area contributed by atoms with E-state index in [1.54, 1.807) is 0 Å². The van der Waals surface area contributed by atoms with Crippen LogP contribution in [0.2, 0.25) is 0 Å². The van der Waals surface area contributed by atoms with Gasteiger partial charge >= 0.3 is 0 Å². The zero-order chi connectivity index (χ0) is 6.69. The maximum Gasteiger partial charge on any atom is 0.107 e. The summed E-state index contributed by atoms with van der Waals surface area (Å²) in [5.41, 5.74) is 1.22. The number of imidazole rings is 1. The molecule has 0 aliphatic rings. The first-order valence-corrected chi connectivity index (χ1v) is 2.48. The molecule has 1 rings (SSSR count). The number of terminal acetylenes is 1. The second kappa shape index (κ2) is 1.98. The van der Waals surface area contributed by atoms with Crippen molar-refractivity contribution in [2.24, 2.45) is 0 Å². The van der Waals surface area contributed by atoms with Gasteiger partial charge in [-0.1, -0.05) is 11.5 Å². The first-order valence-electron chi connectivity index (χ1n) is 2.48. The molecule has 8 heavy (non-hydrogen) atoms. The van der Waals surface area contributed by atoms with Gasteiger partial charge in [0.1, 0.15) is 5.69 Å². The highest BCUT2D eigenvalue weighted by Crippen LogP contribution is 1.86. The van der Waals surface area contributed by atoms with Crippen molar-refractivity contribution in [2.45, 2.75) is 0 Å². The van der Waals surface area contributed by atoms with Gasteiger partial charge in [0.25, 0.3) is 0 Å². The molecule has 1 N–H and O–H groups in total. The summed E-state index contributed by atoms with van der Waals surface area (Å²) in [7, 11) is 0.367. The second-order valence-corrected chi connectivity index (χ2v) is 1.69. The first-order chi connectivity index (χ1) is 4.36. The van der Waals surface area contributed by atoms with Crippen molar-refractivity contribution in [1.82, 2.24) is 9.97 Å². The second-order valence-electron chi connectivity index (χ2n) is 1.26. The number of aromatic amines is 1. The van der Waals surface area contributed by atoms with Gasteiger partial charge in [-0.05, 0) is 0 Å². The van der Waals surface area contributed by atoms with Crippen molar-refractivity contribution < 1.29 is 0 Å². The van der Waals surface area contributed by atoms with Crippen LogP contribution in [0, 0.1) is 12.3 Å². The van der Waals surface area contributed by atoms with Crippen molar-refractivity contribution in [3.63, 3.8) is 0 Å². The summed E-state index contributed by atoms with van der Waals surface area (Å²) < 4.78 is 6.84. The Hall–Kier alpha value is -0.800.